The predicted octanol–water partition coefficient (Wildman–Crippen LogP) is 1.63. The van der Waals surface area contributed by atoms with Crippen LogP contribution < -0.4 is 0 Å². The van der Waals surface area contributed by atoms with Crippen LogP contribution in [-0.4, -0.2) is 36.4 Å². The van der Waals surface area contributed by atoms with Crippen molar-refractivity contribution in [2.24, 2.45) is 5.92 Å². The van der Waals surface area contributed by atoms with Gasteiger partial charge in [-0.1, -0.05) is 12.1 Å². The molecule has 3 heteroatoms. The van der Waals surface area contributed by atoms with Gasteiger partial charge in [-0.3, -0.25) is 0 Å². The zero-order chi connectivity index (χ0) is 11.5. The van der Waals surface area contributed by atoms with Crippen molar-refractivity contribution < 1.29 is 9.90 Å². The Morgan fingerprint density at radius 1 is 1.56 bits per heavy atom. The number of benzene rings is 1. The lowest BCUT2D eigenvalue weighted by Crippen LogP contribution is -2.19. The van der Waals surface area contributed by atoms with Gasteiger partial charge in [-0.15, -0.1) is 0 Å². The largest absolute Gasteiger partial charge is 0.508 e. The van der Waals surface area contributed by atoms with Crippen molar-refractivity contribution in [1.29, 1.82) is 0 Å². The summed E-state index contributed by atoms with van der Waals surface area (Å²) in [5, 5.41) is 9.43. The lowest BCUT2D eigenvalue weighted by molar-refractivity contribution is -0.110. The van der Waals surface area contributed by atoms with E-state index in [0.29, 0.717) is 5.92 Å². The number of phenolic OH excluding ortho intramolecular Hbond substituents is 1. The normalized spacial score (nSPS) is 23.2. The standard InChI is InChI=1S/C13H17NO2/c1-14-6-5-11(8-14)13(9-15)10-3-2-4-12(16)7-10/h2-4,7,9,11,13,16H,5-6,8H2,1H3. The number of hydrogen-bond acceptors (Lipinski definition) is 3. The molecule has 2 unspecified atom stereocenters. The van der Waals surface area contributed by atoms with Crippen molar-refractivity contribution in [3.05, 3.63) is 29.8 Å². The van der Waals surface area contributed by atoms with Crippen molar-refractivity contribution in [2.45, 2.75) is 12.3 Å². The molecule has 86 valence electrons. The molecule has 1 fully saturated rings. The number of aromatic hydroxyl groups is 1. The van der Waals surface area contributed by atoms with Crippen molar-refractivity contribution in [3.63, 3.8) is 0 Å². The van der Waals surface area contributed by atoms with E-state index < -0.39 is 0 Å². The molecule has 0 amide bonds. The van der Waals surface area contributed by atoms with Crippen LogP contribution in [-0.2, 0) is 4.79 Å². The molecule has 2 atom stereocenters. The van der Waals surface area contributed by atoms with Crippen LogP contribution in [0.3, 0.4) is 0 Å². The number of rotatable bonds is 3. The summed E-state index contributed by atoms with van der Waals surface area (Å²) in [7, 11) is 2.07. The second-order valence-electron chi connectivity index (χ2n) is 4.57. The van der Waals surface area contributed by atoms with E-state index in [1.165, 1.54) is 0 Å². The summed E-state index contributed by atoms with van der Waals surface area (Å²) in [6.07, 6.45) is 2.06. The van der Waals surface area contributed by atoms with Crippen LogP contribution in [0.1, 0.15) is 17.9 Å². The van der Waals surface area contributed by atoms with E-state index in [2.05, 4.69) is 11.9 Å². The molecule has 1 aliphatic heterocycles. The van der Waals surface area contributed by atoms with Crippen molar-refractivity contribution in [3.8, 4) is 5.75 Å². The summed E-state index contributed by atoms with van der Waals surface area (Å²) in [6.45, 7) is 2.01. The number of carbonyl (C=O) groups is 1. The smallest absolute Gasteiger partial charge is 0.127 e. The average Bonchev–Trinajstić information content (AvgIpc) is 2.66. The minimum absolute atomic E-state index is 0.0861. The lowest BCUT2D eigenvalue weighted by atomic mass is 9.86. The molecule has 0 bridgehead atoms. The summed E-state index contributed by atoms with van der Waals surface area (Å²) in [5.41, 5.74) is 0.926. The van der Waals surface area contributed by atoms with Gasteiger partial charge in [0.15, 0.2) is 0 Å². The zero-order valence-corrected chi connectivity index (χ0v) is 9.47. The highest BCUT2D eigenvalue weighted by atomic mass is 16.3. The average molecular weight is 219 g/mol. The number of nitrogens with zero attached hydrogens (tertiary/aromatic N) is 1. The van der Waals surface area contributed by atoms with Gasteiger partial charge in [-0.25, -0.2) is 0 Å². The second kappa shape index (κ2) is 4.66. The second-order valence-corrected chi connectivity index (χ2v) is 4.57. The van der Waals surface area contributed by atoms with Crippen molar-refractivity contribution in [1.82, 2.24) is 4.90 Å². The number of likely N-dealkylation sites (tertiary alicyclic amines) is 1. The Hall–Kier alpha value is -1.35. The third-order valence-corrected chi connectivity index (χ3v) is 3.34. The molecular weight excluding hydrogens is 202 g/mol. The molecule has 1 aromatic carbocycles. The first-order valence-electron chi connectivity index (χ1n) is 5.63. The maximum Gasteiger partial charge on any atom is 0.127 e. The van der Waals surface area contributed by atoms with Gasteiger partial charge < -0.3 is 14.8 Å². The molecule has 1 heterocycles. The van der Waals surface area contributed by atoms with Gasteiger partial charge in [0.1, 0.15) is 12.0 Å². The quantitative estimate of drug-likeness (QED) is 0.785. The molecule has 2 rings (SSSR count). The fourth-order valence-corrected chi connectivity index (χ4v) is 2.46. The van der Waals surface area contributed by atoms with Crippen LogP contribution in [0.2, 0.25) is 0 Å². The van der Waals surface area contributed by atoms with E-state index in [4.69, 9.17) is 0 Å². The van der Waals surface area contributed by atoms with Crippen LogP contribution in [0.4, 0.5) is 0 Å². The Morgan fingerprint density at radius 2 is 2.38 bits per heavy atom. The molecule has 1 N–H and O–H groups in total. The summed E-state index contributed by atoms with van der Waals surface area (Å²) >= 11 is 0. The molecule has 0 saturated carbocycles. The minimum atomic E-state index is -0.0861. The van der Waals surface area contributed by atoms with E-state index in [9.17, 15) is 9.90 Å². The monoisotopic (exact) mass is 219 g/mol. The highest BCUT2D eigenvalue weighted by molar-refractivity contribution is 5.63. The van der Waals surface area contributed by atoms with Gasteiger partial charge in [0.25, 0.3) is 0 Å². The number of hydrogen-bond donors (Lipinski definition) is 1. The molecule has 1 aromatic rings. The fourth-order valence-electron chi connectivity index (χ4n) is 2.46. The summed E-state index contributed by atoms with van der Waals surface area (Å²) < 4.78 is 0. The SMILES string of the molecule is CN1CCC(C(C=O)c2cccc(O)c2)C1. The van der Waals surface area contributed by atoms with Crippen LogP contribution in [0.25, 0.3) is 0 Å². The highest BCUT2D eigenvalue weighted by Crippen LogP contribution is 2.31. The van der Waals surface area contributed by atoms with Crippen LogP contribution in [0, 0.1) is 5.92 Å². The molecule has 1 saturated heterocycles. The van der Waals surface area contributed by atoms with E-state index in [1.54, 1.807) is 18.2 Å². The molecule has 16 heavy (non-hydrogen) atoms. The number of phenols is 1. The zero-order valence-electron chi connectivity index (χ0n) is 9.47. The molecular formula is C13H17NO2. The van der Waals surface area contributed by atoms with Gasteiger partial charge in [-0.2, -0.15) is 0 Å². The maximum atomic E-state index is 11.2. The third kappa shape index (κ3) is 2.25. The Bertz CT molecular complexity index is 378. The maximum absolute atomic E-state index is 11.2. The number of carbonyl (C=O) groups excluding carboxylic acids is 1. The molecule has 1 aliphatic rings. The van der Waals surface area contributed by atoms with Gasteiger partial charge in [0.2, 0.25) is 0 Å². The summed E-state index contributed by atoms with van der Waals surface area (Å²) in [6, 6.07) is 7.03. The first kappa shape index (κ1) is 11.1. The van der Waals surface area contributed by atoms with E-state index in [0.717, 1.165) is 31.4 Å². The van der Waals surface area contributed by atoms with Gasteiger partial charge >= 0.3 is 0 Å². The molecule has 0 spiro atoms. The van der Waals surface area contributed by atoms with Gasteiger partial charge in [0, 0.05) is 12.5 Å². The van der Waals surface area contributed by atoms with E-state index in [1.807, 2.05) is 6.07 Å². The predicted molar refractivity (Wildman–Crippen MR) is 62.5 cm³/mol. The Labute approximate surface area is 95.7 Å². The topological polar surface area (TPSA) is 40.5 Å². The van der Waals surface area contributed by atoms with Crippen molar-refractivity contribution in [2.75, 3.05) is 20.1 Å². The van der Waals surface area contributed by atoms with Crippen LogP contribution >= 0.6 is 0 Å². The minimum Gasteiger partial charge on any atom is -0.508 e. The summed E-state index contributed by atoms with van der Waals surface area (Å²) in [5.74, 6) is 0.525. The fraction of sp³-hybridized carbons (Fsp3) is 0.462. The van der Waals surface area contributed by atoms with Gasteiger partial charge in [-0.05, 0) is 43.6 Å². The molecule has 0 radical (unpaired) electrons. The molecule has 3 nitrogen and oxygen atoms in total. The molecule has 0 aliphatic carbocycles. The number of aldehydes is 1. The lowest BCUT2D eigenvalue weighted by Gasteiger charge is -2.18. The van der Waals surface area contributed by atoms with Crippen LogP contribution in [0.15, 0.2) is 24.3 Å². The van der Waals surface area contributed by atoms with Crippen LogP contribution in [0.5, 0.6) is 5.75 Å². The first-order chi connectivity index (χ1) is 7.70. The highest BCUT2D eigenvalue weighted by Gasteiger charge is 2.28. The Kier molecular flexibility index (Phi) is 3.25. The Morgan fingerprint density at radius 3 is 2.94 bits per heavy atom. The van der Waals surface area contributed by atoms with Gasteiger partial charge in [0.05, 0.1) is 0 Å². The third-order valence-electron chi connectivity index (χ3n) is 3.34. The summed E-state index contributed by atoms with van der Waals surface area (Å²) in [4.78, 5) is 13.5. The molecule has 0 aromatic heterocycles. The Balaban J connectivity index is 2.19. The van der Waals surface area contributed by atoms with Crippen molar-refractivity contribution >= 4 is 6.29 Å². The van der Waals surface area contributed by atoms with E-state index in [-0.39, 0.29) is 11.7 Å². The van der Waals surface area contributed by atoms with E-state index >= 15 is 0 Å². The first-order valence-corrected chi connectivity index (χ1v) is 5.63.